The summed E-state index contributed by atoms with van der Waals surface area (Å²) in [7, 11) is 0. The number of nitrogens with zero attached hydrogens (tertiary/aromatic N) is 4. The van der Waals surface area contributed by atoms with E-state index >= 15 is 0 Å². The van der Waals surface area contributed by atoms with E-state index in [-0.39, 0.29) is 11.8 Å². The summed E-state index contributed by atoms with van der Waals surface area (Å²) in [6.45, 7) is 5.08. The van der Waals surface area contributed by atoms with Gasteiger partial charge in [-0.25, -0.2) is 0 Å². The van der Waals surface area contributed by atoms with E-state index in [2.05, 4.69) is 27.2 Å². The fourth-order valence-corrected chi connectivity index (χ4v) is 3.81. The number of rotatable bonds is 6. The Hall–Kier alpha value is -3.15. The third-order valence-corrected chi connectivity index (χ3v) is 5.50. The molecule has 1 fully saturated rings. The van der Waals surface area contributed by atoms with E-state index in [1.807, 2.05) is 54.3 Å². The van der Waals surface area contributed by atoms with Crippen LogP contribution in [-0.2, 0) is 11.3 Å². The topological polar surface area (TPSA) is 62.5 Å². The van der Waals surface area contributed by atoms with E-state index in [1.165, 1.54) is 5.56 Å². The first-order valence-electron chi connectivity index (χ1n) is 10.2. The highest BCUT2D eigenvalue weighted by Crippen LogP contribution is 2.25. The van der Waals surface area contributed by atoms with Gasteiger partial charge in [0.2, 0.25) is 5.91 Å². The lowest BCUT2D eigenvalue weighted by molar-refractivity contribution is -0.136. The molecule has 0 radical (unpaired) electrons. The van der Waals surface area contributed by atoms with E-state index in [1.54, 1.807) is 6.26 Å². The summed E-state index contributed by atoms with van der Waals surface area (Å²) in [5, 5.41) is 8.63. The zero-order valence-electron chi connectivity index (χ0n) is 16.7. The molecule has 150 valence electrons. The molecule has 1 amide bonds. The number of carbonyl (C=O) groups is 1. The quantitative estimate of drug-likeness (QED) is 0.637. The molecule has 0 atom stereocenters. The molecule has 0 unspecified atom stereocenters. The van der Waals surface area contributed by atoms with Crippen molar-refractivity contribution in [1.82, 2.24) is 15.1 Å². The molecule has 0 spiro atoms. The highest BCUT2D eigenvalue weighted by Gasteiger charge is 2.28. The van der Waals surface area contributed by atoms with Crippen molar-refractivity contribution in [1.29, 1.82) is 0 Å². The van der Waals surface area contributed by atoms with Gasteiger partial charge in [-0.15, -0.1) is 10.2 Å². The predicted octanol–water partition coefficient (Wildman–Crippen LogP) is 4.00. The molecule has 1 aromatic carbocycles. The molecule has 0 N–H and O–H groups in total. The summed E-state index contributed by atoms with van der Waals surface area (Å²) in [6, 6.07) is 17.8. The summed E-state index contributed by atoms with van der Waals surface area (Å²) < 4.78 is 5.36. The Kier molecular flexibility index (Phi) is 5.89. The van der Waals surface area contributed by atoms with Gasteiger partial charge in [-0.3, -0.25) is 4.79 Å². The third kappa shape index (κ3) is 4.47. The maximum Gasteiger partial charge on any atom is 0.226 e. The Morgan fingerprint density at radius 2 is 1.86 bits per heavy atom. The summed E-state index contributed by atoms with van der Waals surface area (Å²) in [5.41, 5.74) is 1.90. The normalized spacial score (nSPS) is 14.7. The number of piperidine rings is 1. The minimum Gasteiger partial charge on any atom is -0.463 e. The van der Waals surface area contributed by atoms with Crippen LogP contribution in [0.5, 0.6) is 0 Å². The van der Waals surface area contributed by atoms with Gasteiger partial charge >= 0.3 is 0 Å². The average molecular weight is 390 g/mol. The van der Waals surface area contributed by atoms with Crippen LogP contribution in [0.2, 0.25) is 0 Å². The van der Waals surface area contributed by atoms with Crippen molar-refractivity contribution in [3.8, 4) is 11.5 Å². The van der Waals surface area contributed by atoms with Crippen molar-refractivity contribution in [3.63, 3.8) is 0 Å². The van der Waals surface area contributed by atoms with E-state index < -0.39 is 0 Å². The van der Waals surface area contributed by atoms with Crippen LogP contribution in [0.4, 0.5) is 5.82 Å². The number of aromatic nitrogens is 2. The molecule has 0 bridgehead atoms. The SMILES string of the molecule is CCN(Cc1ccccc1)C(=O)C1CCN(c2ccc(-c3ccco3)nn2)CC1. The van der Waals surface area contributed by atoms with Crippen molar-refractivity contribution >= 4 is 11.7 Å². The Bertz CT molecular complexity index is 902. The molecule has 6 nitrogen and oxygen atoms in total. The maximum atomic E-state index is 13.0. The third-order valence-electron chi connectivity index (χ3n) is 5.50. The van der Waals surface area contributed by atoms with Crippen LogP contribution < -0.4 is 4.90 Å². The lowest BCUT2D eigenvalue weighted by atomic mass is 9.95. The monoisotopic (exact) mass is 390 g/mol. The van der Waals surface area contributed by atoms with Crippen molar-refractivity contribution < 1.29 is 9.21 Å². The number of furan rings is 1. The molecule has 6 heteroatoms. The highest BCUT2D eigenvalue weighted by molar-refractivity contribution is 5.79. The Morgan fingerprint density at radius 1 is 1.07 bits per heavy atom. The van der Waals surface area contributed by atoms with E-state index in [0.29, 0.717) is 12.3 Å². The van der Waals surface area contributed by atoms with Crippen molar-refractivity contribution in [3.05, 3.63) is 66.4 Å². The second-order valence-corrected chi connectivity index (χ2v) is 7.35. The van der Waals surface area contributed by atoms with Gasteiger partial charge in [0.1, 0.15) is 5.69 Å². The highest BCUT2D eigenvalue weighted by atomic mass is 16.3. The molecular weight excluding hydrogens is 364 g/mol. The Labute approximate surface area is 171 Å². The molecule has 1 aliphatic heterocycles. The van der Waals surface area contributed by atoms with Gasteiger partial charge in [0.25, 0.3) is 0 Å². The number of carbonyl (C=O) groups excluding carboxylic acids is 1. The van der Waals surface area contributed by atoms with Crippen LogP contribution in [0.15, 0.2) is 65.3 Å². The Balaban J connectivity index is 1.34. The lowest BCUT2D eigenvalue weighted by Crippen LogP contribution is -2.42. The number of benzene rings is 1. The summed E-state index contributed by atoms with van der Waals surface area (Å²) in [4.78, 5) is 17.2. The first kappa shape index (κ1) is 19.2. The summed E-state index contributed by atoms with van der Waals surface area (Å²) in [5.74, 6) is 1.90. The molecule has 1 aliphatic rings. The molecule has 2 aromatic heterocycles. The second-order valence-electron chi connectivity index (χ2n) is 7.35. The molecular formula is C23H26N4O2. The second kappa shape index (κ2) is 8.90. The molecule has 0 saturated carbocycles. The van der Waals surface area contributed by atoms with Crippen molar-refractivity contribution in [2.24, 2.45) is 5.92 Å². The zero-order valence-corrected chi connectivity index (χ0v) is 16.7. The van der Waals surface area contributed by atoms with Crippen LogP contribution in [0.3, 0.4) is 0 Å². The molecule has 3 aromatic rings. The molecule has 3 heterocycles. The maximum absolute atomic E-state index is 13.0. The number of anilines is 1. The van der Waals surface area contributed by atoms with Crippen LogP contribution in [-0.4, -0.2) is 40.6 Å². The van der Waals surface area contributed by atoms with Crippen LogP contribution in [0, 0.1) is 5.92 Å². The van der Waals surface area contributed by atoms with E-state index in [9.17, 15) is 4.79 Å². The van der Waals surface area contributed by atoms with Gasteiger partial charge in [0.15, 0.2) is 11.6 Å². The molecule has 29 heavy (non-hydrogen) atoms. The minimum absolute atomic E-state index is 0.0743. The van der Waals surface area contributed by atoms with E-state index in [0.717, 1.165) is 44.0 Å². The first-order valence-corrected chi connectivity index (χ1v) is 10.2. The predicted molar refractivity (Wildman–Crippen MR) is 112 cm³/mol. The van der Waals surface area contributed by atoms with Crippen LogP contribution in [0.1, 0.15) is 25.3 Å². The molecule has 0 aliphatic carbocycles. The largest absolute Gasteiger partial charge is 0.463 e. The van der Waals surface area contributed by atoms with Gasteiger partial charge in [-0.2, -0.15) is 0 Å². The fourth-order valence-electron chi connectivity index (χ4n) is 3.81. The van der Waals surface area contributed by atoms with Gasteiger partial charge in [0, 0.05) is 32.1 Å². The van der Waals surface area contributed by atoms with Gasteiger partial charge in [-0.05, 0) is 49.6 Å². The smallest absolute Gasteiger partial charge is 0.226 e. The number of hydrogen-bond acceptors (Lipinski definition) is 5. The number of hydrogen-bond donors (Lipinski definition) is 0. The molecule has 4 rings (SSSR count). The fraction of sp³-hybridized carbons (Fsp3) is 0.348. The van der Waals surface area contributed by atoms with Gasteiger partial charge in [0.05, 0.1) is 6.26 Å². The average Bonchev–Trinajstić information content (AvgIpc) is 3.33. The summed E-state index contributed by atoms with van der Waals surface area (Å²) in [6.07, 6.45) is 3.31. The standard InChI is InChI=1S/C23H26N4O2/c1-2-26(17-18-7-4-3-5-8-18)23(28)19-12-14-27(15-13-19)22-11-10-20(24-25-22)21-9-6-16-29-21/h3-11,16,19H,2,12-15,17H2,1H3. The van der Waals surface area contributed by atoms with Gasteiger partial charge < -0.3 is 14.2 Å². The summed E-state index contributed by atoms with van der Waals surface area (Å²) >= 11 is 0. The minimum atomic E-state index is 0.0743. The van der Waals surface area contributed by atoms with Crippen LogP contribution >= 0.6 is 0 Å². The first-order chi connectivity index (χ1) is 14.2. The van der Waals surface area contributed by atoms with Crippen molar-refractivity contribution in [2.75, 3.05) is 24.5 Å². The lowest BCUT2D eigenvalue weighted by Gasteiger charge is -2.34. The van der Waals surface area contributed by atoms with E-state index in [4.69, 9.17) is 4.42 Å². The van der Waals surface area contributed by atoms with Crippen molar-refractivity contribution in [2.45, 2.75) is 26.3 Å². The number of amides is 1. The van der Waals surface area contributed by atoms with Crippen LogP contribution in [0.25, 0.3) is 11.5 Å². The Morgan fingerprint density at radius 3 is 2.48 bits per heavy atom. The molecule has 1 saturated heterocycles. The zero-order chi connectivity index (χ0) is 20.1. The van der Waals surface area contributed by atoms with Gasteiger partial charge in [-0.1, -0.05) is 30.3 Å².